The van der Waals surface area contributed by atoms with Crippen LogP contribution in [-0.2, 0) is 6.54 Å². The van der Waals surface area contributed by atoms with E-state index in [1.54, 1.807) is 6.92 Å². The molecule has 1 N–H and O–H groups in total. The zero-order valence-electron chi connectivity index (χ0n) is 23.0. The molecular weight excluding hydrogens is 460 g/mol. The van der Waals surface area contributed by atoms with Crippen LogP contribution in [0.5, 0.6) is 0 Å². The first kappa shape index (κ1) is 27.1. The molecule has 0 radical (unpaired) electrons. The molecule has 0 aliphatic carbocycles. The van der Waals surface area contributed by atoms with E-state index in [-0.39, 0.29) is 5.78 Å². The van der Waals surface area contributed by atoms with Gasteiger partial charge in [-0.15, -0.1) is 0 Å². The van der Waals surface area contributed by atoms with Crippen molar-refractivity contribution in [1.29, 1.82) is 0 Å². The fourth-order valence-electron chi connectivity index (χ4n) is 5.07. The third-order valence-corrected chi connectivity index (χ3v) is 7.32. The highest BCUT2D eigenvalue weighted by Crippen LogP contribution is 2.26. The Morgan fingerprint density at radius 1 is 0.892 bits per heavy atom. The smallest absolute Gasteiger partial charge is 0.209 e. The number of carbonyl (C=O) groups excluding carboxylic acids is 1. The molecule has 3 heterocycles. The molecule has 0 bridgehead atoms. The lowest BCUT2D eigenvalue weighted by Crippen LogP contribution is -2.31. The maximum absolute atomic E-state index is 11.7. The SMILES string of the molecule is CCCCN(CCCC)c1ccc2nc(Nc3ccc(C(C)=O)cc3)n(CCCN3CCCCC3)c2n1. The van der Waals surface area contributed by atoms with Gasteiger partial charge in [0.15, 0.2) is 11.4 Å². The third-order valence-electron chi connectivity index (χ3n) is 7.32. The molecule has 7 heteroatoms. The summed E-state index contributed by atoms with van der Waals surface area (Å²) >= 11 is 0. The molecule has 1 aromatic carbocycles. The molecule has 1 saturated heterocycles. The number of nitrogens with zero attached hydrogens (tertiary/aromatic N) is 5. The molecule has 4 rings (SSSR count). The monoisotopic (exact) mass is 504 g/mol. The van der Waals surface area contributed by atoms with Gasteiger partial charge in [0.2, 0.25) is 5.95 Å². The summed E-state index contributed by atoms with van der Waals surface area (Å²) in [7, 11) is 0. The molecule has 37 heavy (non-hydrogen) atoms. The van der Waals surface area contributed by atoms with E-state index >= 15 is 0 Å². The summed E-state index contributed by atoms with van der Waals surface area (Å²) in [6.07, 6.45) is 9.73. The van der Waals surface area contributed by atoms with Gasteiger partial charge in [-0.3, -0.25) is 9.36 Å². The first-order valence-corrected chi connectivity index (χ1v) is 14.3. The van der Waals surface area contributed by atoms with Crippen LogP contribution in [0.1, 0.15) is 82.5 Å². The maximum atomic E-state index is 11.7. The van der Waals surface area contributed by atoms with Crippen LogP contribution in [0.2, 0.25) is 0 Å². The molecule has 1 aliphatic rings. The number of aromatic nitrogens is 3. The minimum atomic E-state index is 0.0731. The number of rotatable bonds is 14. The molecule has 7 nitrogen and oxygen atoms in total. The molecule has 0 amide bonds. The van der Waals surface area contributed by atoms with Gasteiger partial charge in [0.05, 0.1) is 0 Å². The van der Waals surface area contributed by atoms with Crippen molar-refractivity contribution in [3.05, 3.63) is 42.0 Å². The molecule has 1 fully saturated rings. The number of unbranched alkanes of at least 4 members (excludes halogenated alkanes) is 2. The molecule has 0 saturated carbocycles. The number of ketones is 1. The van der Waals surface area contributed by atoms with Crippen molar-refractivity contribution >= 4 is 34.4 Å². The topological polar surface area (TPSA) is 66.3 Å². The summed E-state index contributed by atoms with van der Waals surface area (Å²) < 4.78 is 2.25. The zero-order valence-corrected chi connectivity index (χ0v) is 23.0. The number of pyridine rings is 1. The molecule has 1 aliphatic heterocycles. The van der Waals surface area contributed by atoms with Gasteiger partial charge in [-0.2, -0.15) is 0 Å². The average molecular weight is 505 g/mol. The van der Waals surface area contributed by atoms with Crippen LogP contribution in [0.25, 0.3) is 11.2 Å². The second kappa shape index (κ2) is 13.6. The Kier molecular flexibility index (Phi) is 9.94. The fraction of sp³-hybridized carbons (Fsp3) is 0.567. The Bertz CT molecular complexity index is 1120. The summed E-state index contributed by atoms with van der Waals surface area (Å²) in [5, 5.41) is 3.51. The minimum Gasteiger partial charge on any atom is -0.357 e. The normalized spacial score (nSPS) is 14.2. The largest absolute Gasteiger partial charge is 0.357 e. The zero-order chi connectivity index (χ0) is 26.0. The van der Waals surface area contributed by atoms with E-state index in [1.807, 2.05) is 24.3 Å². The van der Waals surface area contributed by atoms with E-state index in [4.69, 9.17) is 9.97 Å². The van der Waals surface area contributed by atoms with Gasteiger partial charge in [0.25, 0.3) is 0 Å². The van der Waals surface area contributed by atoms with Gasteiger partial charge in [-0.05, 0) is 95.1 Å². The van der Waals surface area contributed by atoms with E-state index in [9.17, 15) is 4.79 Å². The number of fused-ring (bicyclic) bond motifs is 1. The van der Waals surface area contributed by atoms with Crippen molar-refractivity contribution in [2.24, 2.45) is 0 Å². The number of nitrogens with one attached hydrogen (secondary N) is 1. The number of aryl methyl sites for hydroxylation is 1. The summed E-state index contributed by atoms with van der Waals surface area (Å²) in [5.74, 6) is 1.93. The van der Waals surface area contributed by atoms with Crippen LogP contribution < -0.4 is 10.2 Å². The summed E-state index contributed by atoms with van der Waals surface area (Å²) in [6.45, 7) is 12.5. The van der Waals surface area contributed by atoms with Crippen molar-refractivity contribution in [3.63, 3.8) is 0 Å². The van der Waals surface area contributed by atoms with Crippen molar-refractivity contribution in [3.8, 4) is 0 Å². The Labute approximate surface area is 222 Å². The number of carbonyl (C=O) groups is 1. The lowest BCUT2D eigenvalue weighted by molar-refractivity contribution is 0.101. The number of likely N-dealkylation sites (tertiary alicyclic amines) is 1. The van der Waals surface area contributed by atoms with Crippen LogP contribution in [0, 0.1) is 0 Å². The molecule has 3 aromatic rings. The van der Waals surface area contributed by atoms with Crippen LogP contribution >= 0.6 is 0 Å². The molecule has 0 atom stereocenters. The third kappa shape index (κ3) is 7.31. The standard InChI is InChI=1S/C30H44N6O/c1-4-6-21-35(22-7-5-2)28-17-16-27-29(33-28)36(23-11-20-34-18-9-8-10-19-34)30(32-27)31-26-14-12-25(13-15-26)24(3)37/h12-17H,4-11,18-23H2,1-3H3,(H,31,32). The van der Waals surface area contributed by atoms with Gasteiger partial charge in [0.1, 0.15) is 11.3 Å². The first-order chi connectivity index (χ1) is 18.1. The van der Waals surface area contributed by atoms with Gasteiger partial charge in [-0.1, -0.05) is 33.1 Å². The number of piperidine rings is 1. The number of benzene rings is 1. The summed E-state index contributed by atoms with van der Waals surface area (Å²) in [5.41, 5.74) is 3.49. The van der Waals surface area contributed by atoms with Crippen molar-refractivity contribution in [2.75, 3.05) is 42.9 Å². The van der Waals surface area contributed by atoms with Crippen molar-refractivity contribution < 1.29 is 4.79 Å². The number of hydrogen-bond donors (Lipinski definition) is 1. The Morgan fingerprint density at radius 3 is 2.24 bits per heavy atom. The van der Waals surface area contributed by atoms with Gasteiger partial charge >= 0.3 is 0 Å². The predicted octanol–water partition coefficient (Wildman–Crippen LogP) is 6.66. The Balaban J connectivity index is 1.61. The number of hydrogen-bond acceptors (Lipinski definition) is 6. The Morgan fingerprint density at radius 2 is 1.59 bits per heavy atom. The van der Waals surface area contributed by atoms with Crippen LogP contribution in [0.3, 0.4) is 0 Å². The molecule has 0 unspecified atom stereocenters. The highest BCUT2D eigenvalue weighted by molar-refractivity contribution is 5.94. The molecule has 0 spiro atoms. The summed E-state index contributed by atoms with van der Waals surface area (Å²) in [6, 6.07) is 11.9. The van der Waals surface area contributed by atoms with E-state index in [1.165, 1.54) is 58.0 Å². The number of Topliss-reactive ketones (excluding diaryl/α,β-unsaturated/α-hetero) is 1. The molecule has 200 valence electrons. The van der Waals surface area contributed by atoms with Crippen LogP contribution in [0.15, 0.2) is 36.4 Å². The number of imidazole rings is 1. The second-order valence-electron chi connectivity index (χ2n) is 10.3. The maximum Gasteiger partial charge on any atom is 0.209 e. The fourth-order valence-corrected chi connectivity index (χ4v) is 5.07. The van der Waals surface area contributed by atoms with Crippen molar-refractivity contribution in [1.82, 2.24) is 19.4 Å². The summed E-state index contributed by atoms with van der Waals surface area (Å²) in [4.78, 5) is 26.8. The van der Waals surface area contributed by atoms with Crippen LogP contribution in [0.4, 0.5) is 17.5 Å². The lowest BCUT2D eigenvalue weighted by atomic mass is 10.1. The lowest BCUT2D eigenvalue weighted by Gasteiger charge is -2.26. The van der Waals surface area contributed by atoms with E-state index in [0.29, 0.717) is 5.56 Å². The first-order valence-electron chi connectivity index (χ1n) is 14.3. The quantitative estimate of drug-likeness (QED) is 0.248. The van der Waals surface area contributed by atoms with E-state index < -0.39 is 0 Å². The molecular formula is C30H44N6O. The van der Waals surface area contributed by atoms with Crippen molar-refractivity contribution in [2.45, 2.75) is 78.7 Å². The minimum absolute atomic E-state index is 0.0731. The van der Waals surface area contributed by atoms with Crippen LogP contribution in [-0.4, -0.2) is 57.9 Å². The van der Waals surface area contributed by atoms with E-state index in [0.717, 1.165) is 61.2 Å². The second-order valence-corrected chi connectivity index (χ2v) is 10.3. The van der Waals surface area contributed by atoms with Gasteiger partial charge < -0.3 is 15.1 Å². The number of anilines is 3. The predicted molar refractivity (Wildman–Crippen MR) is 154 cm³/mol. The van der Waals surface area contributed by atoms with Gasteiger partial charge in [-0.25, -0.2) is 9.97 Å². The van der Waals surface area contributed by atoms with Gasteiger partial charge in [0, 0.05) is 30.9 Å². The average Bonchev–Trinajstić information content (AvgIpc) is 3.25. The highest BCUT2D eigenvalue weighted by atomic mass is 16.1. The Hall–Kier alpha value is -2.93. The molecule has 2 aromatic heterocycles. The van der Waals surface area contributed by atoms with E-state index in [2.05, 4.69) is 45.7 Å². The highest BCUT2D eigenvalue weighted by Gasteiger charge is 2.17.